The van der Waals surface area contributed by atoms with E-state index in [0.29, 0.717) is 17.4 Å². The van der Waals surface area contributed by atoms with E-state index in [2.05, 4.69) is 9.72 Å². The molecule has 0 aliphatic heterocycles. The second-order valence-electron chi connectivity index (χ2n) is 3.81. The van der Waals surface area contributed by atoms with Crippen molar-refractivity contribution in [2.75, 3.05) is 6.61 Å². The van der Waals surface area contributed by atoms with Gasteiger partial charge in [-0.15, -0.1) is 0 Å². The summed E-state index contributed by atoms with van der Waals surface area (Å²) < 4.78 is 40.7. The number of ether oxygens (including phenoxy) is 1. The molecule has 0 aliphatic rings. The van der Waals surface area contributed by atoms with Gasteiger partial charge in [0.15, 0.2) is 6.61 Å². The van der Waals surface area contributed by atoms with Crippen molar-refractivity contribution in [1.29, 1.82) is 0 Å². The Balaban J connectivity index is 2.25. The highest BCUT2D eigenvalue weighted by molar-refractivity contribution is 5.80. The lowest BCUT2D eigenvalue weighted by Gasteiger charge is -2.09. The van der Waals surface area contributed by atoms with Gasteiger partial charge in [0.05, 0.1) is 5.52 Å². The molecule has 2 rings (SSSR count). The van der Waals surface area contributed by atoms with Gasteiger partial charge in [0.2, 0.25) is 0 Å². The quantitative estimate of drug-likeness (QED) is 0.918. The number of aromatic nitrogens is 1. The van der Waals surface area contributed by atoms with E-state index < -0.39 is 12.8 Å². The lowest BCUT2D eigenvalue weighted by molar-refractivity contribution is -0.153. The van der Waals surface area contributed by atoms with Crippen LogP contribution in [0.15, 0.2) is 30.5 Å². The van der Waals surface area contributed by atoms with Crippen molar-refractivity contribution in [3.8, 4) is 5.75 Å². The maximum absolute atomic E-state index is 12.0. The zero-order valence-corrected chi connectivity index (χ0v) is 9.37. The zero-order chi connectivity index (χ0) is 13.2. The smallest absolute Gasteiger partial charge is 0.422 e. The van der Waals surface area contributed by atoms with Gasteiger partial charge in [-0.3, -0.25) is 4.98 Å². The van der Waals surface area contributed by atoms with E-state index in [1.54, 1.807) is 18.3 Å². The third kappa shape index (κ3) is 3.10. The van der Waals surface area contributed by atoms with Crippen molar-refractivity contribution >= 4 is 10.9 Å². The van der Waals surface area contributed by atoms with Gasteiger partial charge in [-0.1, -0.05) is 0 Å². The van der Waals surface area contributed by atoms with Crippen LogP contribution in [0.2, 0.25) is 0 Å². The first-order valence-corrected chi connectivity index (χ1v) is 5.26. The SMILES string of the molecule is NCc1cnc2ccc(OCC(F)(F)F)cc2c1. The third-order valence-corrected chi connectivity index (χ3v) is 2.35. The highest BCUT2D eigenvalue weighted by Gasteiger charge is 2.28. The van der Waals surface area contributed by atoms with Crippen molar-refractivity contribution in [2.24, 2.45) is 5.73 Å². The Labute approximate surface area is 101 Å². The molecule has 6 heteroatoms. The number of nitrogens with zero attached hydrogens (tertiary/aromatic N) is 1. The maximum Gasteiger partial charge on any atom is 0.422 e. The van der Waals surface area contributed by atoms with Gasteiger partial charge >= 0.3 is 6.18 Å². The monoisotopic (exact) mass is 256 g/mol. The minimum atomic E-state index is -4.34. The molecule has 0 aliphatic carbocycles. The van der Waals surface area contributed by atoms with E-state index in [4.69, 9.17) is 5.73 Å². The highest BCUT2D eigenvalue weighted by Crippen LogP contribution is 2.22. The molecule has 0 bridgehead atoms. The number of rotatable bonds is 3. The molecule has 1 aromatic carbocycles. The van der Waals surface area contributed by atoms with E-state index in [1.165, 1.54) is 12.1 Å². The summed E-state index contributed by atoms with van der Waals surface area (Å²) in [6, 6.07) is 6.38. The van der Waals surface area contributed by atoms with Crippen LogP contribution in [0.3, 0.4) is 0 Å². The minimum absolute atomic E-state index is 0.163. The number of hydrogen-bond donors (Lipinski definition) is 1. The fourth-order valence-electron chi connectivity index (χ4n) is 1.52. The molecular weight excluding hydrogens is 245 g/mol. The molecule has 0 atom stereocenters. The number of nitrogens with two attached hydrogens (primary N) is 1. The Kier molecular flexibility index (Phi) is 3.38. The summed E-state index contributed by atoms with van der Waals surface area (Å²) in [6.45, 7) is -0.973. The molecule has 3 nitrogen and oxygen atoms in total. The van der Waals surface area contributed by atoms with E-state index in [9.17, 15) is 13.2 Å². The first-order chi connectivity index (χ1) is 8.48. The van der Waals surface area contributed by atoms with Crippen LogP contribution >= 0.6 is 0 Å². The van der Waals surface area contributed by atoms with E-state index >= 15 is 0 Å². The molecule has 1 heterocycles. The van der Waals surface area contributed by atoms with Crippen LogP contribution in [0.5, 0.6) is 5.75 Å². The Morgan fingerprint density at radius 2 is 2.00 bits per heavy atom. The van der Waals surface area contributed by atoms with Crippen molar-refractivity contribution in [1.82, 2.24) is 4.98 Å². The summed E-state index contributed by atoms with van der Waals surface area (Å²) in [5, 5.41) is 0.706. The van der Waals surface area contributed by atoms with Crippen LogP contribution < -0.4 is 10.5 Å². The fourth-order valence-corrected chi connectivity index (χ4v) is 1.52. The number of halogens is 3. The first-order valence-electron chi connectivity index (χ1n) is 5.26. The van der Waals surface area contributed by atoms with Crippen LogP contribution in [-0.2, 0) is 6.54 Å². The Hall–Kier alpha value is -1.82. The van der Waals surface area contributed by atoms with Gasteiger partial charge in [-0.2, -0.15) is 13.2 Å². The summed E-state index contributed by atoms with van der Waals surface area (Å²) in [4.78, 5) is 4.14. The van der Waals surface area contributed by atoms with Crippen molar-refractivity contribution in [2.45, 2.75) is 12.7 Å². The summed E-state index contributed by atoms with van der Waals surface area (Å²) in [6.07, 6.45) is -2.70. The summed E-state index contributed by atoms with van der Waals surface area (Å²) in [5.74, 6) is 0.163. The number of fused-ring (bicyclic) bond motifs is 1. The van der Waals surface area contributed by atoms with Crippen molar-refractivity contribution in [3.63, 3.8) is 0 Å². The normalized spacial score (nSPS) is 11.8. The molecule has 96 valence electrons. The molecule has 18 heavy (non-hydrogen) atoms. The molecule has 2 aromatic rings. The van der Waals surface area contributed by atoms with Crippen LogP contribution in [0.25, 0.3) is 10.9 Å². The number of pyridine rings is 1. The molecule has 0 amide bonds. The average Bonchev–Trinajstić information content (AvgIpc) is 2.34. The van der Waals surface area contributed by atoms with Gasteiger partial charge < -0.3 is 10.5 Å². The van der Waals surface area contributed by atoms with E-state index in [0.717, 1.165) is 5.56 Å². The molecule has 1 aromatic heterocycles. The Morgan fingerprint density at radius 3 is 2.67 bits per heavy atom. The summed E-state index contributed by atoms with van der Waals surface area (Å²) >= 11 is 0. The topological polar surface area (TPSA) is 48.1 Å². The second-order valence-corrected chi connectivity index (χ2v) is 3.81. The lowest BCUT2D eigenvalue weighted by Crippen LogP contribution is -2.19. The minimum Gasteiger partial charge on any atom is -0.484 e. The standard InChI is InChI=1S/C12H11F3N2O/c13-12(14,15)7-18-10-1-2-11-9(4-10)3-8(5-16)6-17-11/h1-4,6H,5,7,16H2. The van der Waals surface area contributed by atoms with E-state index in [-0.39, 0.29) is 5.75 Å². The van der Waals surface area contributed by atoms with Crippen molar-refractivity contribution < 1.29 is 17.9 Å². The van der Waals surface area contributed by atoms with Gasteiger partial charge in [0.1, 0.15) is 5.75 Å². The van der Waals surface area contributed by atoms with Crippen LogP contribution in [0, 0.1) is 0 Å². The second kappa shape index (κ2) is 4.81. The predicted molar refractivity (Wildman–Crippen MR) is 61.2 cm³/mol. The van der Waals surface area contributed by atoms with Crippen molar-refractivity contribution in [3.05, 3.63) is 36.0 Å². The predicted octanol–water partition coefficient (Wildman–Crippen LogP) is 2.63. The zero-order valence-electron chi connectivity index (χ0n) is 9.37. The molecule has 2 N–H and O–H groups in total. The molecule has 0 saturated carbocycles. The number of benzene rings is 1. The highest BCUT2D eigenvalue weighted by atomic mass is 19.4. The average molecular weight is 256 g/mol. The number of hydrogen-bond acceptors (Lipinski definition) is 3. The van der Waals surface area contributed by atoms with Crippen LogP contribution in [-0.4, -0.2) is 17.8 Å². The molecule has 0 radical (unpaired) electrons. The van der Waals surface area contributed by atoms with Gasteiger partial charge in [-0.25, -0.2) is 0 Å². The fraction of sp³-hybridized carbons (Fsp3) is 0.250. The molecule has 0 saturated heterocycles. The van der Waals surface area contributed by atoms with E-state index in [1.807, 2.05) is 0 Å². The first kappa shape index (κ1) is 12.6. The van der Waals surface area contributed by atoms with Gasteiger partial charge in [0.25, 0.3) is 0 Å². The summed E-state index contributed by atoms with van der Waals surface area (Å²) in [7, 11) is 0. The summed E-state index contributed by atoms with van der Waals surface area (Å²) in [5.41, 5.74) is 6.98. The Morgan fingerprint density at radius 1 is 1.22 bits per heavy atom. The maximum atomic E-state index is 12.0. The lowest BCUT2D eigenvalue weighted by atomic mass is 10.1. The molecule has 0 unspecified atom stereocenters. The third-order valence-electron chi connectivity index (χ3n) is 2.35. The van der Waals surface area contributed by atoms with Crippen LogP contribution in [0.1, 0.15) is 5.56 Å². The molecule has 0 fully saturated rings. The Bertz CT molecular complexity index is 555. The van der Waals surface area contributed by atoms with Gasteiger partial charge in [-0.05, 0) is 29.8 Å². The van der Waals surface area contributed by atoms with Gasteiger partial charge in [0, 0.05) is 18.1 Å². The van der Waals surface area contributed by atoms with Crippen LogP contribution in [0.4, 0.5) is 13.2 Å². The largest absolute Gasteiger partial charge is 0.484 e. The molecule has 0 spiro atoms. The number of alkyl halides is 3. The molecular formula is C12H11F3N2O.